The number of benzene rings is 1. The van der Waals surface area contributed by atoms with Crippen molar-refractivity contribution in [2.75, 3.05) is 26.9 Å². The second kappa shape index (κ2) is 7.09. The summed E-state index contributed by atoms with van der Waals surface area (Å²) in [6, 6.07) is 7.31. The molecule has 0 amide bonds. The lowest BCUT2D eigenvalue weighted by Gasteiger charge is -2.11. The molecule has 0 saturated carbocycles. The molecular weight excluding hydrogens is 274 g/mol. The van der Waals surface area contributed by atoms with Gasteiger partial charge in [0.05, 0.1) is 6.61 Å². The minimum absolute atomic E-state index is 0.00289. The van der Waals surface area contributed by atoms with Crippen molar-refractivity contribution in [1.82, 2.24) is 0 Å². The maximum Gasteiger partial charge on any atom is 0.174 e. The summed E-state index contributed by atoms with van der Waals surface area (Å²) in [5.74, 6) is 1.16. The number of nitrogens with zero attached hydrogens (tertiary/aromatic N) is 1. The summed E-state index contributed by atoms with van der Waals surface area (Å²) in [6.07, 6.45) is 0. The molecule has 0 N–H and O–H groups in total. The van der Waals surface area contributed by atoms with Crippen molar-refractivity contribution in [3.05, 3.63) is 22.7 Å². The Morgan fingerprint density at radius 1 is 1.25 bits per heavy atom. The molecule has 0 spiro atoms. The van der Waals surface area contributed by atoms with Crippen LogP contribution in [-0.2, 0) is 4.74 Å². The van der Waals surface area contributed by atoms with E-state index in [2.05, 4.69) is 15.9 Å². The second-order valence-corrected chi connectivity index (χ2v) is 3.79. The van der Waals surface area contributed by atoms with E-state index in [9.17, 15) is 0 Å². The number of hydrogen-bond acceptors (Lipinski definition) is 4. The third-order valence-electron chi connectivity index (χ3n) is 1.74. The zero-order valence-corrected chi connectivity index (χ0v) is 10.5. The Morgan fingerprint density at radius 3 is 2.75 bits per heavy atom. The monoisotopic (exact) mass is 285 g/mol. The van der Waals surface area contributed by atoms with Crippen LogP contribution >= 0.6 is 15.9 Å². The van der Waals surface area contributed by atoms with E-state index in [1.165, 1.54) is 0 Å². The Kier molecular flexibility index (Phi) is 5.68. The van der Waals surface area contributed by atoms with Gasteiger partial charge in [0.2, 0.25) is 0 Å². The summed E-state index contributed by atoms with van der Waals surface area (Å²) in [5.41, 5.74) is 0. The van der Waals surface area contributed by atoms with Gasteiger partial charge in [0.1, 0.15) is 12.7 Å². The Balaban J connectivity index is 2.69. The van der Waals surface area contributed by atoms with Gasteiger partial charge in [0.15, 0.2) is 18.1 Å². The van der Waals surface area contributed by atoms with Crippen molar-refractivity contribution in [2.24, 2.45) is 0 Å². The molecule has 0 heterocycles. The van der Waals surface area contributed by atoms with Crippen LogP contribution in [0, 0.1) is 11.3 Å². The molecule has 0 aliphatic carbocycles. The molecule has 1 rings (SSSR count). The highest BCUT2D eigenvalue weighted by molar-refractivity contribution is 9.10. The Labute approximate surface area is 103 Å². The van der Waals surface area contributed by atoms with Crippen LogP contribution in [0.1, 0.15) is 0 Å². The van der Waals surface area contributed by atoms with Gasteiger partial charge in [-0.3, -0.25) is 0 Å². The minimum atomic E-state index is -0.00289. The van der Waals surface area contributed by atoms with Crippen LogP contribution < -0.4 is 9.47 Å². The van der Waals surface area contributed by atoms with Crippen molar-refractivity contribution in [3.8, 4) is 17.6 Å². The molecule has 0 unspecified atom stereocenters. The van der Waals surface area contributed by atoms with Gasteiger partial charge in [-0.1, -0.05) is 15.9 Å². The van der Waals surface area contributed by atoms with E-state index < -0.39 is 0 Å². The van der Waals surface area contributed by atoms with Crippen LogP contribution in [0.4, 0.5) is 0 Å². The van der Waals surface area contributed by atoms with Gasteiger partial charge in [0.25, 0.3) is 0 Å². The van der Waals surface area contributed by atoms with Crippen molar-refractivity contribution in [1.29, 1.82) is 5.26 Å². The van der Waals surface area contributed by atoms with Gasteiger partial charge in [-0.2, -0.15) is 5.26 Å². The maximum absolute atomic E-state index is 8.45. The molecule has 1 aromatic carbocycles. The molecule has 0 bridgehead atoms. The van der Waals surface area contributed by atoms with E-state index >= 15 is 0 Å². The Morgan fingerprint density at radius 2 is 2.06 bits per heavy atom. The van der Waals surface area contributed by atoms with Crippen molar-refractivity contribution in [2.45, 2.75) is 0 Å². The highest BCUT2D eigenvalue weighted by Gasteiger charge is 2.05. The van der Waals surface area contributed by atoms with Gasteiger partial charge in [0, 0.05) is 11.6 Å². The molecule has 0 radical (unpaired) electrons. The van der Waals surface area contributed by atoms with E-state index in [-0.39, 0.29) is 6.61 Å². The topological polar surface area (TPSA) is 51.5 Å². The second-order valence-electron chi connectivity index (χ2n) is 2.88. The molecule has 1 aromatic rings. The molecule has 0 aliphatic heterocycles. The predicted octanol–water partition coefficient (Wildman–Crippen LogP) is 2.38. The fourth-order valence-electron chi connectivity index (χ4n) is 1.06. The van der Waals surface area contributed by atoms with E-state index in [0.717, 1.165) is 4.47 Å². The van der Waals surface area contributed by atoms with Crippen molar-refractivity contribution < 1.29 is 14.2 Å². The zero-order chi connectivity index (χ0) is 11.8. The molecule has 0 aliphatic rings. The predicted molar refractivity (Wildman–Crippen MR) is 62.6 cm³/mol. The van der Waals surface area contributed by atoms with Gasteiger partial charge >= 0.3 is 0 Å². The summed E-state index contributed by atoms with van der Waals surface area (Å²) in [6.45, 7) is 0.950. The minimum Gasteiger partial charge on any atom is -0.487 e. The first-order chi connectivity index (χ1) is 7.77. The number of ether oxygens (including phenoxy) is 3. The van der Waals surface area contributed by atoms with E-state index in [1.807, 2.05) is 12.1 Å². The van der Waals surface area contributed by atoms with Crippen LogP contribution in [-0.4, -0.2) is 26.9 Å². The van der Waals surface area contributed by atoms with Crippen LogP contribution in [0.2, 0.25) is 0 Å². The number of nitriles is 1. The molecule has 0 atom stereocenters. The first-order valence-corrected chi connectivity index (χ1v) is 5.48. The molecular formula is C11H12BrNO3. The maximum atomic E-state index is 8.45. The number of rotatable bonds is 6. The zero-order valence-electron chi connectivity index (χ0n) is 8.90. The normalized spacial score (nSPS) is 9.56. The standard InChI is InChI=1S/C11H12BrNO3/c1-14-6-7-16-10-3-2-9(12)8-11(10)15-5-4-13/h2-3,8H,5-7H2,1H3. The lowest BCUT2D eigenvalue weighted by Crippen LogP contribution is -2.06. The third kappa shape index (κ3) is 4.09. The molecule has 86 valence electrons. The number of hydrogen-bond donors (Lipinski definition) is 0. The highest BCUT2D eigenvalue weighted by atomic mass is 79.9. The SMILES string of the molecule is COCCOc1ccc(Br)cc1OCC#N. The van der Waals surface area contributed by atoms with Crippen molar-refractivity contribution >= 4 is 15.9 Å². The van der Waals surface area contributed by atoms with Crippen LogP contribution in [0.15, 0.2) is 22.7 Å². The fourth-order valence-corrected chi connectivity index (χ4v) is 1.40. The smallest absolute Gasteiger partial charge is 0.174 e. The van der Waals surface area contributed by atoms with Crippen LogP contribution in [0.3, 0.4) is 0 Å². The summed E-state index contributed by atoms with van der Waals surface area (Å²) in [4.78, 5) is 0. The lowest BCUT2D eigenvalue weighted by molar-refractivity contribution is 0.144. The Bertz CT molecular complexity index is 376. The molecule has 0 saturated heterocycles. The van der Waals surface area contributed by atoms with Crippen LogP contribution in [0.25, 0.3) is 0 Å². The summed E-state index contributed by atoms with van der Waals surface area (Å²) >= 11 is 3.33. The Hall–Kier alpha value is -1.25. The highest BCUT2D eigenvalue weighted by Crippen LogP contribution is 2.30. The van der Waals surface area contributed by atoms with E-state index in [1.54, 1.807) is 19.2 Å². The number of methoxy groups -OCH3 is 1. The average Bonchev–Trinajstić information content (AvgIpc) is 2.29. The largest absolute Gasteiger partial charge is 0.487 e. The first kappa shape index (κ1) is 12.8. The quantitative estimate of drug-likeness (QED) is 0.753. The third-order valence-corrected chi connectivity index (χ3v) is 2.24. The van der Waals surface area contributed by atoms with Gasteiger partial charge in [-0.15, -0.1) is 0 Å². The average molecular weight is 286 g/mol. The van der Waals surface area contributed by atoms with Crippen molar-refractivity contribution in [3.63, 3.8) is 0 Å². The van der Waals surface area contributed by atoms with Crippen LogP contribution in [0.5, 0.6) is 11.5 Å². The van der Waals surface area contributed by atoms with Gasteiger partial charge < -0.3 is 14.2 Å². The molecule has 5 heteroatoms. The van der Waals surface area contributed by atoms with Gasteiger partial charge in [-0.25, -0.2) is 0 Å². The summed E-state index contributed by atoms with van der Waals surface area (Å²) in [5, 5.41) is 8.45. The molecule has 0 aromatic heterocycles. The van der Waals surface area contributed by atoms with E-state index in [0.29, 0.717) is 24.7 Å². The molecule has 4 nitrogen and oxygen atoms in total. The molecule has 0 fully saturated rings. The lowest BCUT2D eigenvalue weighted by atomic mass is 10.3. The van der Waals surface area contributed by atoms with E-state index in [4.69, 9.17) is 19.5 Å². The first-order valence-electron chi connectivity index (χ1n) is 4.69. The molecule has 16 heavy (non-hydrogen) atoms. The summed E-state index contributed by atoms with van der Waals surface area (Å²) in [7, 11) is 1.61. The number of halogens is 1. The summed E-state index contributed by atoms with van der Waals surface area (Å²) < 4.78 is 16.4. The fraction of sp³-hybridized carbons (Fsp3) is 0.364. The van der Waals surface area contributed by atoms with Gasteiger partial charge in [-0.05, 0) is 18.2 Å².